The van der Waals surface area contributed by atoms with Crippen LogP contribution in [-0.2, 0) is 10.0 Å². The number of sulfonamides is 1. The maximum atomic E-state index is 13.1. The van der Waals surface area contributed by atoms with Crippen molar-refractivity contribution in [2.45, 2.75) is 11.8 Å². The Morgan fingerprint density at radius 3 is 2.17 bits per heavy atom. The van der Waals surface area contributed by atoms with E-state index >= 15 is 0 Å². The molecule has 182 valence electrons. The predicted molar refractivity (Wildman–Crippen MR) is 145 cm³/mol. The molecule has 0 heterocycles. The minimum absolute atomic E-state index is 0.140. The molecule has 1 amide bonds. The molecular formula is C27H20BrClN2O4S. The van der Waals surface area contributed by atoms with E-state index < -0.39 is 15.9 Å². The quantitative estimate of drug-likeness (QED) is 0.237. The molecule has 0 fully saturated rings. The number of benzene rings is 4. The number of carbonyl (C=O) groups excluding carboxylic acids is 2. The summed E-state index contributed by atoms with van der Waals surface area (Å²) in [7, 11) is -3.76. The minimum Gasteiger partial charge on any atom is -0.321 e. The van der Waals surface area contributed by atoms with Gasteiger partial charge < -0.3 is 5.32 Å². The second-order valence-electron chi connectivity index (χ2n) is 7.95. The van der Waals surface area contributed by atoms with Crippen molar-refractivity contribution in [2.24, 2.45) is 0 Å². The summed E-state index contributed by atoms with van der Waals surface area (Å²) >= 11 is 9.57. The zero-order valence-electron chi connectivity index (χ0n) is 19.0. The Kier molecular flexibility index (Phi) is 7.59. The Balaban J connectivity index is 1.53. The van der Waals surface area contributed by atoms with Crippen molar-refractivity contribution in [3.05, 3.63) is 123 Å². The molecule has 0 saturated heterocycles. The molecule has 0 atom stereocenters. The van der Waals surface area contributed by atoms with Gasteiger partial charge >= 0.3 is 0 Å². The number of anilines is 2. The molecule has 0 aliphatic rings. The average molecular weight is 584 g/mol. The molecule has 4 aromatic carbocycles. The van der Waals surface area contributed by atoms with Crippen LogP contribution in [0.4, 0.5) is 11.4 Å². The number of aryl methyl sites for hydroxylation is 1. The lowest BCUT2D eigenvalue weighted by atomic mass is 10.0. The molecule has 0 aliphatic heterocycles. The van der Waals surface area contributed by atoms with Gasteiger partial charge in [-0.05, 0) is 73.7 Å². The van der Waals surface area contributed by atoms with Gasteiger partial charge in [0.1, 0.15) is 0 Å². The van der Waals surface area contributed by atoms with E-state index in [0.717, 1.165) is 5.56 Å². The summed E-state index contributed by atoms with van der Waals surface area (Å²) in [5.74, 6) is -0.795. The highest BCUT2D eigenvalue weighted by Crippen LogP contribution is 2.27. The van der Waals surface area contributed by atoms with Gasteiger partial charge in [0.2, 0.25) is 0 Å². The summed E-state index contributed by atoms with van der Waals surface area (Å²) in [4.78, 5) is 26.2. The number of carbonyl (C=O) groups is 2. The highest BCUT2D eigenvalue weighted by molar-refractivity contribution is 9.10. The third-order valence-corrected chi connectivity index (χ3v) is 7.54. The van der Waals surface area contributed by atoms with Crippen LogP contribution < -0.4 is 10.0 Å². The Labute approximate surface area is 222 Å². The molecule has 9 heteroatoms. The summed E-state index contributed by atoms with van der Waals surface area (Å²) in [6.07, 6.45) is 0. The summed E-state index contributed by atoms with van der Waals surface area (Å²) in [6, 6.07) is 24.1. The lowest BCUT2D eigenvalue weighted by Gasteiger charge is -2.13. The van der Waals surface area contributed by atoms with Crippen molar-refractivity contribution in [3.8, 4) is 0 Å². The van der Waals surface area contributed by atoms with Crippen LogP contribution in [0.2, 0.25) is 5.02 Å². The first-order valence-electron chi connectivity index (χ1n) is 10.7. The van der Waals surface area contributed by atoms with Crippen LogP contribution in [0.15, 0.2) is 100 Å². The van der Waals surface area contributed by atoms with E-state index in [9.17, 15) is 18.0 Å². The lowest BCUT2D eigenvalue weighted by molar-refractivity contribution is 0.102. The Bertz CT molecular complexity index is 1550. The zero-order chi connectivity index (χ0) is 25.9. The topological polar surface area (TPSA) is 92.3 Å². The molecule has 6 nitrogen and oxygen atoms in total. The molecule has 0 saturated carbocycles. The predicted octanol–water partition coefficient (Wildman–Crippen LogP) is 6.70. The van der Waals surface area contributed by atoms with E-state index in [4.69, 9.17) is 11.6 Å². The molecule has 36 heavy (non-hydrogen) atoms. The molecule has 0 radical (unpaired) electrons. The first kappa shape index (κ1) is 25.6. The summed E-state index contributed by atoms with van der Waals surface area (Å²) in [5.41, 5.74) is 2.45. The van der Waals surface area contributed by atoms with E-state index in [-0.39, 0.29) is 21.8 Å². The van der Waals surface area contributed by atoms with Gasteiger partial charge in [-0.3, -0.25) is 14.3 Å². The average Bonchev–Trinajstić information content (AvgIpc) is 2.85. The highest BCUT2D eigenvalue weighted by Gasteiger charge is 2.19. The maximum Gasteiger partial charge on any atom is 0.261 e. The van der Waals surface area contributed by atoms with E-state index in [0.29, 0.717) is 26.4 Å². The van der Waals surface area contributed by atoms with Crippen molar-refractivity contribution in [3.63, 3.8) is 0 Å². The Morgan fingerprint density at radius 1 is 0.833 bits per heavy atom. The Morgan fingerprint density at radius 2 is 1.50 bits per heavy atom. The summed E-state index contributed by atoms with van der Waals surface area (Å²) in [6.45, 7) is 1.87. The molecule has 4 rings (SSSR count). The summed E-state index contributed by atoms with van der Waals surface area (Å²) < 4.78 is 28.4. The van der Waals surface area contributed by atoms with Gasteiger partial charge in [-0.25, -0.2) is 8.42 Å². The van der Waals surface area contributed by atoms with Crippen LogP contribution >= 0.6 is 27.5 Å². The van der Waals surface area contributed by atoms with Gasteiger partial charge in [-0.1, -0.05) is 57.4 Å². The minimum atomic E-state index is -3.76. The largest absolute Gasteiger partial charge is 0.321 e. The monoisotopic (exact) mass is 582 g/mol. The third-order valence-electron chi connectivity index (χ3n) is 5.32. The van der Waals surface area contributed by atoms with Crippen LogP contribution in [0.5, 0.6) is 0 Å². The first-order valence-corrected chi connectivity index (χ1v) is 13.4. The molecule has 0 aliphatic carbocycles. The number of halogens is 2. The van der Waals surface area contributed by atoms with E-state index in [1.807, 2.05) is 6.92 Å². The second kappa shape index (κ2) is 10.7. The van der Waals surface area contributed by atoms with Gasteiger partial charge in [0.15, 0.2) is 5.78 Å². The van der Waals surface area contributed by atoms with Crippen molar-refractivity contribution >= 4 is 60.6 Å². The molecule has 0 aromatic heterocycles. The lowest BCUT2D eigenvalue weighted by Crippen LogP contribution is -2.16. The van der Waals surface area contributed by atoms with Gasteiger partial charge in [-0.15, -0.1) is 0 Å². The van der Waals surface area contributed by atoms with E-state index in [1.165, 1.54) is 36.4 Å². The number of ketones is 1. The number of nitrogens with one attached hydrogen (secondary N) is 2. The van der Waals surface area contributed by atoms with E-state index in [1.54, 1.807) is 54.6 Å². The van der Waals surface area contributed by atoms with Crippen molar-refractivity contribution in [2.75, 3.05) is 10.0 Å². The first-order chi connectivity index (χ1) is 17.1. The molecule has 0 unspecified atom stereocenters. The van der Waals surface area contributed by atoms with Gasteiger partial charge in [0, 0.05) is 26.9 Å². The number of amides is 1. The highest BCUT2D eigenvalue weighted by atomic mass is 79.9. The molecule has 0 bridgehead atoms. The fourth-order valence-electron chi connectivity index (χ4n) is 3.42. The van der Waals surface area contributed by atoms with Crippen LogP contribution in [0.25, 0.3) is 0 Å². The molecule has 0 spiro atoms. The Hall–Kier alpha value is -3.46. The smallest absolute Gasteiger partial charge is 0.261 e. The van der Waals surface area contributed by atoms with Gasteiger partial charge in [-0.2, -0.15) is 0 Å². The van der Waals surface area contributed by atoms with Gasteiger partial charge in [0.05, 0.1) is 15.6 Å². The molecular weight excluding hydrogens is 564 g/mol. The third kappa shape index (κ3) is 5.84. The van der Waals surface area contributed by atoms with Gasteiger partial charge in [0.25, 0.3) is 15.9 Å². The maximum absolute atomic E-state index is 13.1. The van der Waals surface area contributed by atoms with Crippen molar-refractivity contribution in [1.29, 1.82) is 0 Å². The van der Waals surface area contributed by atoms with Crippen LogP contribution in [-0.4, -0.2) is 20.1 Å². The second-order valence-corrected chi connectivity index (χ2v) is 11.0. The SMILES string of the molecule is Cc1ccc(S(=O)(=O)Nc2ccc(C(=O)Nc3ccc(Br)cc3C(=O)c3ccccc3Cl)cc2)cc1. The molecule has 4 aromatic rings. The van der Waals surface area contributed by atoms with Crippen LogP contribution in [0.1, 0.15) is 31.8 Å². The summed E-state index contributed by atoms with van der Waals surface area (Å²) in [5, 5.41) is 3.07. The normalized spacial score (nSPS) is 11.1. The molecule has 2 N–H and O–H groups in total. The van der Waals surface area contributed by atoms with Crippen LogP contribution in [0, 0.1) is 6.92 Å². The van der Waals surface area contributed by atoms with E-state index in [2.05, 4.69) is 26.0 Å². The van der Waals surface area contributed by atoms with Crippen molar-refractivity contribution in [1.82, 2.24) is 0 Å². The van der Waals surface area contributed by atoms with Crippen LogP contribution in [0.3, 0.4) is 0 Å². The fourth-order valence-corrected chi connectivity index (χ4v) is 5.06. The standard InChI is InChI=1S/C27H20BrClN2O4S/c1-17-6-13-21(14-7-17)36(34,35)31-20-11-8-18(9-12-20)27(33)30-25-15-10-19(28)16-23(25)26(32)22-4-2-3-5-24(22)29/h2-16,31H,1H3,(H,30,33). The number of hydrogen-bond donors (Lipinski definition) is 2. The number of rotatable bonds is 7. The zero-order valence-corrected chi connectivity index (χ0v) is 22.1. The van der Waals surface area contributed by atoms with Crippen molar-refractivity contribution < 1.29 is 18.0 Å². The fraction of sp³-hybridized carbons (Fsp3) is 0.0370. The number of hydrogen-bond acceptors (Lipinski definition) is 4.